The van der Waals surface area contributed by atoms with E-state index in [0.717, 1.165) is 50.6 Å². The van der Waals surface area contributed by atoms with E-state index < -0.39 is 0 Å². The van der Waals surface area contributed by atoms with E-state index in [4.69, 9.17) is 15.0 Å². The average Bonchev–Trinajstić information content (AvgIpc) is 2.75. The van der Waals surface area contributed by atoms with Crippen molar-refractivity contribution < 1.29 is 9.26 Å². The molecule has 0 radical (unpaired) electrons. The number of aromatic nitrogens is 2. The van der Waals surface area contributed by atoms with E-state index >= 15 is 0 Å². The number of ether oxygens (including phenoxy) is 1. The van der Waals surface area contributed by atoms with E-state index in [-0.39, 0.29) is 0 Å². The van der Waals surface area contributed by atoms with Crippen molar-refractivity contribution in [3.63, 3.8) is 0 Å². The normalized spacial score (nSPS) is 12.9. The molecule has 0 aliphatic carbocycles. The molecule has 1 aromatic rings. The number of nitrogens with zero attached hydrogens (tertiary/aromatic N) is 2. The number of hydrogen-bond acceptors (Lipinski definition) is 5. The lowest BCUT2D eigenvalue weighted by molar-refractivity contribution is 0.149. The Morgan fingerprint density at radius 2 is 2.18 bits per heavy atom. The van der Waals surface area contributed by atoms with Gasteiger partial charge in [0.15, 0.2) is 5.82 Å². The lowest BCUT2D eigenvalue weighted by Gasteiger charge is -2.06. The van der Waals surface area contributed by atoms with Gasteiger partial charge in [0.1, 0.15) is 0 Å². The molecule has 2 N–H and O–H groups in total. The van der Waals surface area contributed by atoms with Gasteiger partial charge < -0.3 is 15.0 Å². The molecule has 1 unspecified atom stereocenters. The van der Waals surface area contributed by atoms with E-state index in [1.54, 1.807) is 0 Å². The SMILES string of the molecule is CCOCCc1noc(CCC(C)CCN)n1. The van der Waals surface area contributed by atoms with Crippen LogP contribution < -0.4 is 5.73 Å². The van der Waals surface area contributed by atoms with Gasteiger partial charge in [-0.05, 0) is 32.2 Å². The van der Waals surface area contributed by atoms with Crippen LogP contribution >= 0.6 is 0 Å². The summed E-state index contributed by atoms with van der Waals surface area (Å²) in [7, 11) is 0. The van der Waals surface area contributed by atoms with E-state index in [1.165, 1.54) is 0 Å². The second kappa shape index (κ2) is 8.20. The van der Waals surface area contributed by atoms with Gasteiger partial charge in [-0.2, -0.15) is 4.98 Å². The van der Waals surface area contributed by atoms with Crippen molar-refractivity contribution in [1.29, 1.82) is 0 Å². The topological polar surface area (TPSA) is 74.2 Å². The number of hydrogen-bond donors (Lipinski definition) is 1. The Morgan fingerprint density at radius 1 is 1.35 bits per heavy atom. The van der Waals surface area contributed by atoms with E-state index in [0.29, 0.717) is 12.5 Å². The second-order valence-corrected chi connectivity index (χ2v) is 4.27. The number of aryl methyl sites for hydroxylation is 1. The molecule has 0 aromatic carbocycles. The van der Waals surface area contributed by atoms with Gasteiger partial charge in [0, 0.05) is 19.4 Å². The Bertz CT molecular complexity index is 302. The Hall–Kier alpha value is -0.940. The standard InChI is InChI=1S/C12H23N3O2/c1-3-16-9-7-11-14-12(17-15-11)5-4-10(2)6-8-13/h10H,3-9,13H2,1-2H3. The lowest BCUT2D eigenvalue weighted by Crippen LogP contribution is -2.06. The lowest BCUT2D eigenvalue weighted by atomic mass is 10.0. The largest absolute Gasteiger partial charge is 0.381 e. The smallest absolute Gasteiger partial charge is 0.226 e. The minimum absolute atomic E-state index is 0.610. The van der Waals surface area contributed by atoms with Gasteiger partial charge in [-0.15, -0.1) is 0 Å². The zero-order chi connectivity index (χ0) is 12.5. The predicted molar refractivity (Wildman–Crippen MR) is 65.7 cm³/mol. The van der Waals surface area contributed by atoms with Gasteiger partial charge in [0.05, 0.1) is 6.61 Å². The van der Waals surface area contributed by atoms with Crippen molar-refractivity contribution in [3.05, 3.63) is 11.7 Å². The molecule has 5 nitrogen and oxygen atoms in total. The van der Waals surface area contributed by atoms with Gasteiger partial charge >= 0.3 is 0 Å². The van der Waals surface area contributed by atoms with Crippen LogP contribution in [-0.2, 0) is 17.6 Å². The molecular weight excluding hydrogens is 218 g/mol. The fourth-order valence-corrected chi connectivity index (χ4v) is 1.60. The summed E-state index contributed by atoms with van der Waals surface area (Å²) in [5.74, 6) is 2.07. The summed E-state index contributed by atoms with van der Waals surface area (Å²) in [6.45, 7) is 6.28. The van der Waals surface area contributed by atoms with E-state index in [9.17, 15) is 0 Å². The summed E-state index contributed by atoms with van der Waals surface area (Å²) in [6, 6.07) is 0. The van der Waals surface area contributed by atoms with Crippen molar-refractivity contribution >= 4 is 0 Å². The first-order chi connectivity index (χ1) is 8.26. The zero-order valence-corrected chi connectivity index (χ0v) is 10.8. The summed E-state index contributed by atoms with van der Waals surface area (Å²) in [4.78, 5) is 4.33. The van der Waals surface area contributed by atoms with Crippen molar-refractivity contribution in [3.8, 4) is 0 Å². The van der Waals surface area contributed by atoms with Crippen LogP contribution in [0.15, 0.2) is 4.52 Å². The molecule has 0 aliphatic heterocycles. The maximum absolute atomic E-state index is 5.51. The van der Waals surface area contributed by atoms with Gasteiger partial charge in [-0.3, -0.25) is 0 Å². The average molecular weight is 241 g/mol. The summed E-state index contributed by atoms with van der Waals surface area (Å²) in [5.41, 5.74) is 5.51. The molecule has 1 rings (SSSR count). The Kier molecular flexibility index (Phi) is 6.81. The molecule has 5 heteroatoms. The van der Waals surface area contributed by atoms with Crippen LogP contribution in [0, 0.1) is 5.92 Å². The Labute approximate surface area is 103 Å². The van der Waals surface area contributed by atoms with E-state index in [1.807, 2.05) is 6.92 Å². The molecule has 17 heavy (non-hydrogen) atoms. The van der Waals surface area contributed by atoms with Gasteiger partial charge in [-0.25, -0.2) is 0 Å². The Morgan fingerprint density at radius 3 is 2.88 bits per heavy atom. The molecule has 0 fully saturated rings. The fourth-order valence-electron chi connectivity index (χ4n) is 1.60. The third-order valence-corrected chi connectivity index (χ3v) is 2.69. The molecule has 1 heterocycles. The fraction of sp³-hybridized carbons (Fsp3) is 0.833. The highest BCUT2D eigenvalue weighted by atomic mass is 16.5. The predicted octanol–water partition coefficient (Wildman–Crippen LogP) is 1.57. The minimum atomic E-state index is 0.610. The molecule has 1 aromatic heterocycles. The minimum Gasteiger partial charge on any atom is -0.381 e. The van der Waals surface area contributed by atoms with Crippen molar-refractivity contribution in [1.82, 2.24) is 10.1 Å². The molecule has 0 saturated heterocycles. The van der Waals surface area contributed by atoms with Crippen molar-refractivity contribution in [2.24, 2.45) is 11.7 Å². The first-order valence-corrected chi connectivity index (χ1v) is 6.35. The number of nitrogens with two attached hydrogens (primary N) is 1. The van der Waals surface area contributed by atoms with Crippen LogP contribution in [0.1, 0.15) is 38.4 Å². The molecule has 0 bridgehead atoms. The van der Waals surface area contributed by atoms with Gasteiger partial charge in [0.2, 0.25) is 5.89 Å². The number of rotatable bonds is 9. The summed E-state index contributed by atoms with van der Waals surface area (Å²) < 4.78 is 10.4. The van der Waals surface area contributed by atoms with E-state index in [2.05, 4.69) is 17.1 Å². The monoisotopic (exact) mass is 241 g/mol. The molecule has 1 atom stereocenters. The van der Waals surface area contributed by atoms with Crippen LogP contribution in [0.2, 0.25) is 0 Å². The molecule has 0 amide bonds. The van der Waals surface area contributed by atoms with Crippen LogP contribution in [0.5, 0.6) is 0 Å². The van der Waals surface area contributed by atoms with Crippen LogP contribution in [0.4, 0.5) is 0 Å². The van der Waals surface area contributed by atoms with Gasteiger partial charge in [0.25, 0.3) is 0 Å². The third kappa shape index (κ3) is 5.79. The second-order valence-electron chi connectivity index (χ2n) is 4.27. The highest BCUT2D eigenvalue weighted by molar-refractivity contribution is 4.86. The molecule has 0 saturated carbocycles. The zero-order valence-electron chi connectivity index (χ0n) is 10.8. The molecule has 98 valence electrons. The van der Waals surface area contributed by atoms with Crippen LogP contribution in [-0.4, -0.2) is 29.9 Å². The molecular formula is C12H23N3O2. The maximum atomic E-state index is 5.51. The summed E-state index contributed by atoms with van der Waals surface area (Å²) in [6.07, 6.45) is 3.65. The van der Waals surface area contributed by atoms with Crippen LogP contribution in [0.3, 0.4) is 0 Å². The van der Waals surface area contributed by atoms with Gasteiger partial charge in [-0.1, -0.05) is 12.1 Å². The quantitative estimate of drug-likeness (QED) is 0.664. The highest BCUT2D eigenvalue weighted by Crippen LogP contribution is 2.11. The van der Waals surface area contributed by atoms with Crippen molar-refractivity contribution in [2.45, 2.75) is 39.5 Å². The third-order valence-electron chi connectivity index (χ3n) is 2.69. The maximum Gasteiger partial charge on any atom is 0.226 e. The summed E-state index contributed by atoms with van der Waals surface area (Å²) in [5, 5.41) is 3.92. The summed E-state index contributed by atoms with van der Waals surface area (Å²) >= 11 is 0. The first-order valence-electron chi connectivity index (χ1n) is 6.35. The molecule has 0 aliphatic rings. The highest BCUT2D eigenvalue weighted by Gasteiger charge is 2.08. The van der Waals surface area contributed by atoms with Crippen LogP contribution in [0.25, 0.3) is 0 Å². The van der Waals surface area contributed by atoms with Crippen molar-refractivity contribution in [2.75, 3.05) is 19.8 Å². The first kappa shape index (κ1) is 14.1. The molecule has 0 spiro atoms. The Balaban J connectivity index is 2.25.